The van der Waals surface area contributed by atoms with E-state index < -0.39 is 0 Å². The summed E-state index contributed by atoms with van der Waals surface area (Å²) in [5, 5.41) is 10.0. The monoisotopic (exact) mass is 434 g/mol. The lowest BCUT2D eigenvalue weighted by atomic mass is 9.73. The van der Waals surface area contributed by atoms with Gasteiger partial charge in [-0.3, -0.25) is 9.59 Å². The normalized spacial score (nSPS) is 25.4. The summed E-state index contributed by atoms with van der Waals surface area (Å²) >= 11 is 0. The summed E-state index contributed by atoms with van der Waals surface area (Å²) in [5.74, 6) is 1.01. The number of aliphatic hydroxyl groups excluding tert-OH is 1. The van der Waals surface area contributed by atoms with Crippen LogP contribution in [-0.4, -0.2) is 65.6 Å². The molecular formula is C26H30N2O4. The lowest BCUT2D eigenvalue weighted by Gasteiger charge is -2.59. The number of benzene rings is 2. The second-order valence-corrected chi connectivity index (χ2v) is 9.20. The number of nitrogens with zero attached hydrogens (tertiary/aromatic N) is 2. The number of aliphatic hydroxyl groups is 1. The fraction of sp³-hybridized carbons (Fsp3) is 0.462. The molecular weight excluding hydrogens is 404 g/mol. The molecule has 2 aromatic rings. The zero-order valence-electron chi connectivity index (χ0n) is 18.4. The zero-order valence-corrected chi connectivity index (χ0v) is 18.4. The third kappa shape index (κ3) is 3.56. The van der Waals surface area contributed by atoms with Gasteiger partial charge in [-0.1, -0.05) is 49.2 Å². The lowest BCUT2D eigenvalue weighted by molar-refractivity contribution is -0.168. The maximum atomic E-state index is 13.0. The van der Waals surface area contributed by atoms with Crippen LogP contribution in [0.25, 0.3) is 11.1 Å². The van der Waals surface area contributed by atoms with Crippen LogP contribution < -0.4 is 4.74 Å². The fourth-order valence-electron chi connectivity index (χ4n) is 5.80. The second kappa shape index (κ2) is 8.58. The predicted octanol–water partition coefficient (Wildman–Crippen LogP) is 3.05. The van der Waals surface area contributed by atoms with Crippen molar-refractivity contribution in [2.75, 3.05) is 26.8 Å². The topological polar surface area (TPSA) is 70.1 Å². The summed E-state index contributed by atoms with van der Waals surface area (Å²) in [6.45, 7) is 0.630. The van der Waals surface area contributed by atoms with Crippen LogP contribution in [0.3, 0.4) is 0 Å². The van der Waals surface area contributed by atoms with Gasteiger partial charge in [0.2, 0.25) is 11.8 Å². The van der Waals surface area contributed by atoms with Gasteiger partial charge in [-0.25, -0.2) is 0 Å². The van der Waals surface area contributed by atoms with E-state index in [0.29, 0.717) is 6.54 Å². The number of rotatable bonds is 5. The first-order valence-electron chi connectivity index (χ1n) is 11.6. The van der Waals surface area contributed by atoms with Crippen molar-refractivity contribution >= 4 is 11.8 Å². The smallest absolute Gasteiger partial charge is 0.242 e. The third-order valence-electron chi connectivity index (χ3n) is 7.47. The molecule has 2 heterocycles. The molecule has 0 radical (unpaired) electrons. The van der Waals surface area contributed by atoms with Gasteiger partial charge in [-0.2, -0.15) is 0 Å². The molecule has 2 aromatic carbocycles. The number of hydrogen-bond acceptors (Lipinski definition) is 4. The Labute approximate surface area is 188 Å². The first kappa shape index (κ1) is 21.0. The van der Waals surface area contributed by atoms with Crippen LogP contribution in [-0.2, 0) is 9.59 Å². The van der Waals surface area contributed by atoms with E-state index in [0.717, 1.165) is 48.1 Å². The molecule has 6 nitrogen and oxygen atoms in total. The Morgan fingerprint density at radius 3 is 2.53 bits per heavy atom. The summed E-state index contributed by atoms with van der Waals surface area (Å²) in [4.78, 5) is 29.4. The van der Waals surface area contributed by atoms with E-state index in [1.54, 1.807) is 16.9 Å². The molecule has 0 bridgehead atoms. The van der Waals surface area contributed by atoms with Crippen LogP contribution in [0.5, 0.6) is 5.75 Å². The minimum absolute atomic E-state index is 0.0301. The van der Waals surface area contributed by atoms with Crippen LogP contribution >= 0.6 is 0 Å². The van der Waals surface area contributed by atoms with Crippen molar-refractivity contribution in [1.29, 1.82) is 0 Å². The van der Waals surface area contributed by atoms with Gasteiger partial charge in [0.1, 0.15) is 5.75 Å². The van der Waals surface area contributed by atoms with Gasteiger partial charge >= 0.3 is 0 Å². The molecule has 1 saturated carbocycles. The van der Waals surface area contributed by atoms with Crippen molar-refractivity contribution in [2.24, 2.45) is 5.92 Å². The maximum Gasteiger partial charge on any atom is 0.242 e. The Bertz CT molecular complexity index is 999. The van der Waals surface area contributed by atoms with Crippen molar-refractivity contribution in [2.45, 2.75) is 43.7 Å². The van der Waals surface area contributed by atoms with Crippen molar-refractivity contribution in [1.82, 2.24) is 9.80 Å². The van der Waals surface area contributed by atoms with Crippen molar-refractivity contribution in [3.8, 4) is 16.9 Å². The number of ether oxygens (including phenoxy) is 1. The molecule has 6 heteroatoms. The minimum atomic E-state index is -0.223. The van der Waals surface area contributed by atoms with Gasteiger partial charge in [-0.15, -0.1) is 0 Å². The Hall–Kier alpha value is -2.86. The highest BCUT2D eigenvalue weighted by Gasteiger charge is 2.54. The van der Waals surface area contributed by atoms with Crippen LogP contribution in [0.15, 0.2) is 48.5 Å². The van der Waals surface area contributed by atoms with Gasteiger partial charge in [0.05, 0.1) is 32.3 Å². The largest absolute Gasteiger partial charge is 0.497 e. The highest BCUT2D eigenvalue weighted by Crippen LogP contribution is 2.43. The Kier molecular flexibility index (Phi) is 5.64. The van der Waals surface area contributed by atoms with Gasteiger partial charge < -0.3 is 19.6 Å². The van der Waals surface area contributed by atoms with E-state index in [1.807, 2.05) is 24.3 Å². The average Bonchev–Trinajstić information content (AvgIpc) is 3.35. The standard InChI is InChI=1S/C26H30N2O4/c1-32-21-8-4-7-20(13-21)17-9-11-18(12-10-17)25-22-14-27(26(31)19-5-2-3-6-19)15-24(30)28(22)23(25)16-29/h4,7-13,19,22-23,25,29H,2-3,5-6,14-16H2,1H3/t22-,23-,25+/m1/s1. The van der Waals surface area contributed by atoms with Crippen molar-refractivity contribution in [3.63, 3.8) is 0 Å². The Morgan fingerprint density at radius 2 is 1.84 bits per heavy atom. The molecule has 168 valence electrons. The highest BCUT2D eigenvalue weighted by molar-refractivity contribution is 5.88. The molecule has 2 aliphatic heterocycles. The summed E-state index contributed by atoms with van der Waals surface area (Å²) in [6, 6.07) is 16.0. The van der Waals surface area contributed by atoms with Crippen molar-refractivity contribution in [3.05, 3.63) is 54.1 Å². The van der Waals surface area contributed by atoms with E-state index in [1.165, 1.54) is 0 Å². The number of carbonyl (C=O) groups excluding carboxylic acids is 2. The van der Waals surface area contributed by atoms with E-state index in [9.17, 15) is 14.7 Å². The SMILES string of the molecule is COc1cccc(-c2ccc([C@@H]3[C@@H](CO)N4C(=O)CN(C(=O)C5CCCC5)C[C@H]34)cc2)c1. The van der Waals surface area contributed by atoms with Crippen LogP contribution in [0.4, 0.5) is 0 Å². The molecule has 32 heavy (non-hydrogen) atoms. The van der Waals surface area contributed by atoms with Gasteiger partial charge in [0.25, 0.3) is 0 Å². The summed E-state index contributed by atoms with van der Waals surface area (Å²) < 4.78 is 5.33. The molecule has 2 saturated heterocycles. The summed E-state index contributed by atoms with van der Waals surface area (Å²) in [7, 11) is 1.66. The second-order valence-electron chi connectivity index (χ2n) is 9.20. The molecule has 2 amide bonds. The zero-order chi connectivity index (χ0) is 22.2. The molecule has 0 aromatic heterocycles. The lowest BCUT2D eigenvalue weighted by Crippen LogP contribution is -2.73. The molecule has 0 unspecified atom stereocenters. The highest BCUT2D eigenvalue weighted by atomic mass is 16.5. The summed E-state index contributed by atoms with van der Waals surface area (Å²) in [6.07, 6.45) is 4.07. The van der Waals surface area contributed by atoms with E-state index >= 15 is 0 Å². The van der Waals surface area contributed by atoms with Gasteiger partial charge in [0.15, 0.2) is 0 Å². The number of piperazine rings is 1. The van der Waals surface area contributed by atoms with E-state index in [2.05, 4.69) is 24.3 Å². The fourth-order valence-corrected chi connectivity index (χ4v) is 5.80. The number of amides is 2. The number of carbonyl (C=O) groups is 2. The number of hydrogen-bond donors (Lipinski definition) is 1. The average molecular weight is 435 g/mol. The molecule has 1 aliphatic carbocycles. The van der Waals surface area contributed by atoms with Gasteiger partial charge in [0, 0.05) is 18.4 Å². The van der Waals surface area contributed by atoms with Crippen LogP contribution in [0.1, 0.15) is 37.2 Å². The predicted molar refractivity (Wildman–Crippen MR) is 121 cm³/mol. The van der Waals surface area contributed by atoms with Crippen LogP contribution in [0.2, 0.25) is 0 Å². The molecule has 3 fully saturated rings. The molecule has 3 atom stereocenters. The number of methoxy groups -OCH3 is 1. The van der Waals surface area contributed by atoms with Crippen LogP contribution in [0, 0.1) is 5.92 Å². The molecule has 1 N–H and O–H groups in total. The first-order chi connectivity index (χ1) is 15.6. The minimum Gasteiger partial charge on any atom is -0.497 e. The Morgan fingerprint density at radius 1 is 1.09 bits per heavy atom. The van der Waals surface area contributed by atoms with Gasteiger partial charge in [-0.05, 0) is 41.7 Å². The number of fused-ring (bicyclic) bond motifs is 1. The Balaban J connectivity index is 1.36. The molecule has 3 aliphatic rings. The molecule has 0 spiro atoms. The summed E-state index contributed by atoms with van der Waals surface area (Å²) in [5.41, 5.74) is 3.26. The van der Waals surface area contributed by atoms with Crippen molar-refractivity contribution < 1.29 is 19.4 Å². The third-order valence-corrected chi connectivity index (χ3v) is 7.47. The first-order valence-corrected chi connectivity index (χ1v) is 11.6. The maximum absolute atomic E-state index is 13.0. The van der Waals surface area contributed by atoms with E-state index in [-0.39, 0.29) is 48.9 Å². The quantitative estimate of drug-likeness (QED) is 0.785. The van der Waals surface area contributed by atoms with E-state index in [4.69, 9.17) is 4.74 Å². The molecule has 5 rings (SSSR count).